The summed E-state index contributed by atoms with van der Waals surface area (Å²) >= 11 is 8.75. The van der Waals surface area contributed by atoms with Gasteiger partial charge in [0.05, 0.1) is 11.9 Å². The molecule has 0 radical (unpaired) electrons. The predicted octanol–water partition coefficient (Wildman–Crippen LogP) is 5.42. The van der Waals surface area contributed by atoms with Crippen LogP contribution in [0.15, 0.2) is 76.7 Å². The van der Waals surface area contributed by atoms with E-state index >= 15 is 0 Å². The third kappa shape index (κ3) is 6.03. The predicted molar refractivity (Wildman–Crippen MR) is 156 cm³/mol. The first-order valence-corrected chi connectivity index (χ1v) is 14.3. The van der Waals surface area contributed by atoms with Crippen molar-refractivity contribution in [3.8, 4) is 5.69 Å². The van der Waals surface area contributed by atoms with Gasteiger partial charge in [0.25, 0.3) is 5.56 Å². The third-order valence-corrected chi connectivity index (χ3v) is 8.04. The summed E-state index contributed by atoms with van der Waals surface area (Å²) in [7, 11) is 0. The van der Waals surface area contributed by atoms with E-state index in [1.165, 1.54) is 10.7 Å². The number of fused-ring (bicyclic) bond motifs is 2. The maximum atomic E-state index is 11.9. The van der Waals surface area contributed by atoms with Crippen LogP contribution in [0.4, 0.5) is 11.8 Å². The molecule has 2 N–H and O–H groups in total. The Bertz CT molecular complexity index is 1770. The van der Waals surface area contributed by atoms with Crippen molar-refractivity contribution in [1.82, 2.24) is 34.7 Å². The Morgan fingerprint density at radius 2 is 1.59 bits per heavy atom. The molecule has 2 atom stereocenters. The normalized spacial score (nSPS) is 16.6. The standard InChI is InChI=1S/C20H19N7OS.C6H3ClN2S/c28-18-2-1-8-23-27(18)16-5-6-17(21-12-16)24-14-3-4-15(10-14)25-20-22-11-13-7-9-29-19(13)26-20;7-6-8-3-4-1-2-10-5(4)9-6/h1-2,5-9,11-12,14-15H,3-4,10H2,(H,21,24)(H,22,25,26);1-3H/t14-,15-;/m0./s1. The highest BCUT2D eigenvalue weighted by Gasteiger charge is 2.25. The molecule has 6 aromatic rings. The van der Waals surface area contributed by atoms with Gasteiger partial charge < -0.3 is 10.6 Å². The van der Waals surface area contributed by atoms with Crippen LogP contribution in [0.25, 0.3) is 26.1 Å². The summed E-state index contributed by atoms with van der Waals surface area (Å²) in [6.45, 7) is 0. The van der Waals surface area contributed by atoms with E-state index in [0.29, 0.717) is 29.0 Å². The van der Waals surface area contributed by atoms with Gasteiger partial charge in [-0.25, -0.2) is 24.9 Å². The lowest BCUT2D eigenvalue weighted by Crippen LogP contribution is -2.22. The van der Waals surface area contributed by atoms with E-state index < -0.39 is 0 Å². The molecule has 1 aliphatic carbocycles. The van der Waals surface area contributed by atoms with Gasteiger partial charge in [-0.05, 0) is 72.0 Å². The number of anilines is 2. The Labute approximate surface area is 235 Å². The van der Waals surface area contributed by atoms with Crippen LogP contribution in [-0.2, 0) is 0 Å². The van der Waals surface area contributed by atoms with Crippen LogP contribution in [0.3, 0.4) is 0 Å². The average molecular weight is 576 g/mol. The Kier molecular flexibility index (Phi) is 7.39. The fourth-order valence-electron chi connectivity index (χ4n) is 4.35. The molecule has 0 aromatic carbocycles. The molecule has 0 amide bonds. The van der Waals surface area contributed by atoms with Gasteiger partial charge in [-0.2, -0.15) is 9.78 Å². The molecule has 0 spiro atoms. The minimum Gasteiger partial charge on any atom is -0.367 e. The molecule has 0 saturated heterocycles. The van der Waals surface area contributed by atoms with Crippen LogP contribution in [-0.4, -0.2) is 46.8 Å². The third-order valence-electron chi connectivity index (χ3n) is 6.21. The van der Waals surface area contributed by atoms with E-state index in [4.69, 9.17) is 11.6 Å². The van der Waals surface area contributed by atoms with E-state index in [1.54, 1.807) is 47.3 Å². The smallest absolute Gasteiger partial charge is 0.271 e. The summed E-state index contributed by atoms with van der Waals surface area (Å²) in [5.74, 6) is 1.48. The van der Waals surface area contributed by atoms with Crippen LogP contribution in [0.1, 0.15) is 19.3 Å². The Hall–Kier alpha value is -4.00. The highest BCUT2D eigenvalue weighted by atomic mass is 35.5. The van der Waals surface area contributed by atoms with Crippen molar-refractivity contribution in [1.29, 1.82) is 0 Å². The second-order valence-corrected chi connectivity index (χ2v) is 11.0. The maximum absolute atomic E-state index is 11.9. The quantitative estimate of drug-likeness (QED) is 0.259. The van der Waals surface area contributed by atoms with Gasteiger partial charge in [0.2, 0.25) is 11.2 Å². The van der Waals surface area contributed by atoms with E-state index in [1.807, 2.05) is 41.2 Å². The lowest BCUT2D eigenvalue weighted by Gasteiger charge is -2.15. The van der Waals surface area contributed by atoms with Crippen molar-refractivity contribution in [3.63, 3.8) is 0 Å². The van der Waals surface area contributed by atoms with E-state index in [2.05, 4.69) is 40.7 Å². The largest absolute Gasteiger partial charge is 0.367 e. The van der Waals surface area contributed by atoms with Gasteiger partial charge in [-0.3, -0.25) is 4.79 Å². The molecule has 6 aromatic heterocycles. The molecule has 39 heavy (non-hydrogen) atoms. The number of aromatic nitrogens is 7. The molecule has 0 bridgehead atoms. The van der Waals surface area contributed by atoms with E-state index in [0.717, 1.165) is 45.5 Å². The molecular weight excluding hydrogens is 554 g/mol. The number of thiophene rings is 2. The van der Waals surface area contributed by atoms with Crippen molar-refractivity contribution in [2.24, 2.45) is 0 Å². The molecule has 7 rings (SSSR count). The molecule has 0 aliphatic heterocycles. The Balaban J connectivity index is 0.000000231. The lowest BCUT2D eigenvalue weighted by molar-refractivity contribution is 0.717. The molecule has 10 nitrogen and oxygen atoms in total. The number of halogens is 1. The first kappa shape index (κ1) is 25.3. The van der Waals surface area contributed by atoms with Crippen LogP contribution >= 0.6 is 34.3 Å². The van der Waals surface area contributed by atoms with Gasteiger partial charge in [-0.1, -0.05) is 0 Å². The van der Waals surface area contributed by atoms with Crippen molar-refractivity contribution < 1.29 is 0 Å². The van der Waals surface area contributed by atoms with Crippen LogP contribution in [0, 0.1) is 0 Å². The monoisotopic (exact) mass is 575 g/mol. The fraction of sp³-hybridized carbons (Fsp3) is 0.192. The summed E-state index contributed by atoms with van der Waals surface area (Å²) in [6, 6.07) is 11.5. The average Bonchev–Trinajstić information content (AvgIpc) is 3.71. The topological polar surface area (TPSA) is 123 Å². The molecule has 0 unspecified atom stereocenters. The lowest BCUT2D eigenvalue weighted by atomic mass is 10.2. The molecule has 196 valence electrons. The molecule has 6 heterocycles. The minimum absolute atomic E-state index is 0.178. The van der Waals surface area contributed by atoms with Gasteiger partial charge in [0.15, 0.2) is 0 Å². The second-order valence-electron chi connectivity index (χ2n) is 8.87. The molecule has 1 aliphatic rings. The number of pyridine rings is 1. The van der Waals surface area contributed by atoms with Gasteiger partial charge >= 0.3 is 0 Å². The number of hydrogen-bond donors (Lipinski definition) is 2. The molecule has 1 fully saturated rings. The Morgan fingerprint density at radius 3 is 2.33 bits per heavy atom. The van der Waals surface area contributed by atoms with E-state index in [9.17, 15) is 4.79 Å². The number of nitrogens with one attached hydrogen (secondary N) is 2. The summed E-state index contributed by atoms with van der Waals surface area (Å²) in [5.41, 5.74) is 0.468. The summed E-state index contributed by atoms with van der Waals surface area (Å²) < 4.78 is 1.33. The highest BCUT2D eigenvalue weighted by molar-refractivity contribution is 7.17. The van der Waals surface area contributed by atoms with Crippen molar-refractivity contribution in [3.05, 3.63) is 87.6 Å². The zero-order chi connectivity index (χ0) is 26.6. The SMILES string of the molecule is Clc1ncc2ccsc2n1.O=c1cccnn1-c1ccc(N[C@H]2CC[C@H](Nc3ncc4ccsc4n3)C2)nc1. The summed E-state index contributed by atoms with van der Waals surface area (Å²) in [5, 5.41) is 17.4. The van der Waals surface area contributed by atoms with Crippen molar-refractivity contribution in [2.75, 3.05) is 10.6 Å². The maximum Gasteiger partial charge on any atom is 0.271 e. The zero-order valence-electron chi connectivity index (χ0n) is 20.4. The highest BCUT2D eigenvalue weighted by Crippen LogP contribution is 2.26. The zero-order valence-corrected chi connectivity index (χ0v) is 22.8. The molecule has 1 saturated carbocycles. The van der Waals surface area contributed by atoms with Crippen molar-refractivity contribution >= 4 is 66.5 Å². The van der Waals surface area contributed by atoms with Crippen LogP contribution in [0.2, 0.25) is 5.28 Å². The number of rotatable bonds is 5. The van der Waals surface area contributed by atoms with E-state index in [-0.39, 0.29) is 5.56 Å². The summed E-state index contributed by atoms with van der Waals surface area (Å²) in [4.78, 5) is 35.1. The van der Waals surface area contributed by atoms with Gasteiger partial charge in [0, 0.05) is 47.5 Å². The van der Waals surface area contributed by atoms with Crippen LogP contribution in [0.5, 0.6) is 0 Å². The molecule has 13 heteroatoms. The summed E-state index contributed by atoms with van der Waals surface area (Å²) in [6.07, 6.45) is 9.89. The molecular formula is C26H22ClN9OS2. The minimum atomic E-state index is -0.178. The fourth-order valence-corrected chi connectivity index (χ4v) is 6.01. The first-order valence-electron chi connectivity index (χ1n) is 12.2. The van der Waals surface area contributed by atoms with Gasteiger partial charge in [-0.15, -0.1) is 22.7 Å². The number of hydrogen-bond acceptors (Lipinski definition) is 11. The second kappa shape index (κ2) is 11.4. The van der Waals surface area contributed by atoms with Crippen LogP contribution < -0.4 is 16.2 Å². The Morgan fingerprint density at radius 1 is 0.846 bits per heavy atom. The van der Waals surface area contributed by atoms with Crippen molar-refractivity contribution in [2.45, 2.75) is 31.3 Å². The number of nitrogens with zero attached hydrogens (tertiary/aromatic N) is 7. The van der Waals surface area contributed by atoms with Gasteiger partial charge in [0.1, 0.15) is 15.5 Å². The first-order chi connectivity index (χ1) is 19.1.